The van der Waals surface area contributed by atoms with Crippen LogP contribution < -0.4 is 15.5 Å². The zero-order valence-corrected chi connectivity index (χ0v) is 19.3. The lowest BCUT2D eigenvalue weighted by atomic mass is 10.1. The average Bonchev–Trinajstić information content (AvgIpc) is 3.64. The Morgan fingerprint density at radius 1 is 1.06 bits per heavy atom. The van der Waals surface area contributed by atoms with Crippen LogP contribution in [0.1, 0.15) is 18.4 Å². The van der Waals surface area contributed by atoms with Crippen molar-refractivity contribution in [2.75, 3.05) is 43.4 Å². The molecule has 174 valence electrons. The van der Waals surface area contributed by atoms with E-state index >= 15 is 0 Å². The molecule has 2 aliphatic rings. The van der Waals surface area contributed by atoms with Crippen molar-refractivity contribution in [1.82, 2.24) is 35.1 Å². The molecule has 1 saturated heterocycles. The minimum absolute atomic E-state index is 0.607. The number of nitrogens with one attached hydrogen (secondary N) is 3. The molecule has 1 aromatic carbocycles. The van der Waals surface area contributed by atoms with Gasteiger partial charge < -0.3 is 20.5 Å². The fourth-order valence-electron chi connectivity index (χ4n) is 4.46. The van der Waals surface area contributed by atoms with Crippen molar-refractivity contribution in [3.05, 3.63) is 54.5 Å². The number of hydrogen-bond donors (Lipinski definition) is 3. The van der Waals surface area contributed by atoms with Crippen molar-refractivity contribution in [1.29, 1.82) is 0 Å². The molecular formula is C25H29N9. The fourth-order valence-corrected chi connectivity index (χ4v) is 4.46. The van der Waals surface area contributed by atoms with Crippen LogP contribution >= 0.6 is 0 Å². The summed E-state index contributed by atoms with van der Waals surface area (Å²) >= 11 is 0. The summed E-state index contributed by atoms with van der Waals surface area (Å²) in [6, 6.07) is 13.0. The smallest absolute Gasteiger partial charge is 0.206 e. The maximum atomic E-state index is 4.70. The maximum absolute atomic E-state index is 4.70. The van der Waals surface area contributed by atoms with Crippen LogP contribution in [-0.4, -0.2) is 69.1 Å². The first kappa shape index (κ1) is 21.0. The van der Waals surface area contributed by atoms with Crippen LogP contribution in [0.5, 0.6) is 0 Å². The zero-order chi connectivity index (χ0) is 22.9. The van der Waals surface area contributed by atoms with Crippen LogP contribution in [0.4, 0.5) is 17.6 Å². The van der Waals surface area contributed by atoms with E-state index in [2.05, 4.69) is 77.7 Å². The van der Waals surface area contributed by atoms with Crippen molar-refractivity contribution < 1.29 is 0 Å². The predicted octanol–water partition coefficient (Wildman–Crippen LogP) is 3.16. The third-order valence-corrected chi connectivity index (χ3v) is 6.57. The van der Waals surface area contributed by atoms with Crippen LogP contribution in [0, 0.1) is 0 Å². The van der Waals surface area contributed by atoms with Gasteiger partial charge in [0.2, 0.25) is 5.95 Å². The highest BCUT2D eigenvalue weighted by atomic mass is 15.2. The second-order valence-electron chi connectivity index (χ2n) is 9.12. The van der Waals surface area contributed by atoms with Crippen LogP contribution in [-0.2, 0) is 6.54 Å². The third kappa shape index (κ3) is 4.57. The summed E-state index contributed by atoms with van der Waals surface area (Å²) < 4.78 is 0. The van der Waals surface area contributed by atoms with Crippen LogP contribution in [0.25, 0.3) is 22.3 Å². The second kappa shape index (κ2) is 9.00. The zero-order valence-electron chi connectivity index (χ0n) is 19.3. The summed E-state index contributed by atoms with van der Waals surface area (Å²) in [5.74, 6) is 2.43. The Kier molecular flexibility index (Phi) is 5.56. The highest BCUT2D eigenvalue weighted by Crippen LogP contribution is 2.31. The number of fused-ring (bicyclic) bond motifs is 1. The molecule has 6 rings (SSSR count). The van der Waals surface area contributed by atoms with Crippen LogP contribution in [0.2, 0.25) is 0 Å². The standard InChI is InChI=1S/C25H29N9/c1-33(19-3-4-19)24-14-21(28-16-29-24)18-2-5-20-22(13-18)31-25(30-20)32-23-12-17(6-7-27-23)15-34-10-8-26-9-11-34/h2,5-7,12-14,16,19,26H,3-4,8-11,15H2,1H3,(H2,27,30,31,32). The minimum Gasteiger partial charge on any atom is -0.357 e. The number of pyridine rings is 1. The number of aromatic amines is 1. The predicted molar refractivity (Wildman–Crippen MR) is 134 cm³/mol. The van der Waals surface area contributed by atoms with E-state index in [1.165, 1.54) is 18.4 Å². The van der Waals surface area contributed by atoms with E-state index in [4.69, 9.17) is 4.98 Å². The first-order valence-electron chi connectivity index (χ1n) is 11.9. The van der Waals surface area contributed by atoms with Gasteiger partial charge in [-0.3, -0.25) is 4.90 Å². The van der Waals surface area contributed by atoms with Gasteiger partial charge in [-0.2, -0.15) is 0 Å². The monoisotopic (exact) mass is 455 g/mol. The maximum Gasteiger partial charge on any atom is 0.206 e. The summed E-state index contributed by atoms with van der Waals surface area (Å²) in [7, 11) is 2.10. The molecule has 0 bridgehead atoms. The molecule has 0 radical (unpaired) electrons. The van der Waals surface area contributed by atoms with E-state index in [1.54, 1.807) is 6.33 Å². The molecule has 0 spiro atoms. The number of benzene rings is 1. The van der Waals surface area contributed by atoms with Crippen molar-refractivity contribution in [3.8, 4) is 11.3 Å². The highest BCUT2D eigenvalue weighted by Gasteiger charge is 2.27. The second-order valence-corrected chi connectivity index (χ2v) is 9.12. The molecule has 9 heteroatoms. The molecule has 1 aliphatic carbocycles. The number of piperazine rings is 1. The number of nitrogens with zero attached hydrogens (tertiary/aromatic N) is 6. The molecule has 3 N–H and O–H groups in total. The first-order valence-corrected chi connectivity index (χ1v) is 11.9. The average molecular weight is 456 g/mol. The third-order valence-electron chi connectivity index (χ3n) is 6.57. The van der Waals surface area contributed by atoms with Gasteiger partial charge >= 0.3 is 0 Å². The molecule has 0 amide bonds. The molecule has 4 aromatic rings. The minimum atomic E-state index is 0.607. The number of aromatic nitrogens is 5. The molecule has 0 atom stereocenters. The lowest BCUT2D eigenvalue weighted by Crippen LogP contribution is -2.42. The number of anilines is 3. The number of H-pyrrole nitrogens is 1. The van der Waals surface area contributed by atoms with Crippen LogP contribution in [0.15, 0.2) is 48.9 Å². The van der Waals surface area contributed by atoms with Crippen molar-refractivity contribution in [2.24, 2.45) is 0 Å². The van der Waals surface area contributed by atoms with E-state index in [9.17, 15) is 0 Å². The quantitative estimate of drug-likeness (QED) is 0.391. The van der Waals surface area contributed by atoms with Crippen molar-refractivity contribution in [2.45, 2.75) is 25.4 Å². The molecule has 3 aromatic heterocycles. The molecule has 34 heavy (non-hydrogen) atoms. The molecule has 1 aliphatic heterocycles. The van der Waals surface area contributed by atoms with Gasteiger partial charge in [-0.15, -0.1) is 0 Å². The van der Waals surface area contributed by atoms with E-state index in [-0.39, 0.29) is 0 Å². The Labute approximate surface area is 198 Å². The van der Waals surface area contributed by atoms with Gasteiger partial charge in [0.15, 0.2) is 0 Å². The molecule has 2 fully saturated rings. The number of hydrogen-bond acceptors (Lipinski definition) is 8. The molecule has 0 unspecified atom stereocenters. The SMILES string of the molecule is CN(c1cc(-c2ccc3nc(Nc4cc(CN5CCNCC5)ccn4)[nH]c3c2)ncn1)C1CC1. The molecule has 9 nitrogen and oxygen atoms in total. The lowest BCUT2D eigenvalue weighted by molar-refractivity contribution is 0.233. The Morgan fingerprint density at radius 3 is 2.79 bits per heavy atom. The number of rotatable bonds is 7. The first-order chi connectivity index (χ1) is 16.7. The van der Waals surface area contributed by atoms with E-state index in [0.29, 0.717) is 12.0 Å². The van der Waals surface area contributed by atoms with Gasteiger partial charge in [-0.25, -0.2) is 19.9 Å². The van der Waals surface area contributed by atoms with Crippen LogP contribution in [0.3, 0.4) is 0 Å². The number of imidazole rings is 1. The van der Waals surface area contributed by atoms with E-state index < -0.39 is 0 Å². The summed E-state index contributed by atoms with van der Waals surface area (Å²) in [5.41, 5.74) is 5.03. The Hall–Kier alpha value is -3.56. The van der Waals surface area contributed by atoms with Gasteiger partial charge in [-0.05, 0) is 42.7 Å². The van der Waals surface area contributed by atoms with E-state index in [1.807, 2.05) is 12.3 Å². The Balaban J connectivity index is 1.20. The largest absolute Gasteiger partial charge is 0.357 e. The van der Waals surface area contributed by atoms with Gasteiger partial charge in [0.25, 0.3) is 0 Å². The Morgan fingerprint density at radius 2 is 1.94 bits per heavy atom. The van der Waals surface area contributed by atoms with Crippen molar-refractivity contribution in [3.63, 3.8) is 0 Å². The lowest BCUT2D eigenvalue weighted by Gasteiger charge is -2.27. The topological polar surface area (TPSA) is 97.9 Å². The van der Waals surface area contributed by atoms with Crippen molar-refractivity contribution >= 4 is 28.6 Å². The normalized spacial score (nSPS) is 16.6. The molecule has 4 heterocycles. The summed E-state index contributed by atoms with van der Waals surface area (Å²) in [6.07, 6.45) is 5.97. The Bertz CT molecular complexity index is 1290. The fraction of sp³-hybridized carbons (Fsp3) is 0.360. The van der Waals surface area contributed by atoms with E-state index in [0.717, 1.165) is 66.7 Å². The summed E-state index contributed by atoms with van der Waals surface area (Å²) in [4.78, 5) is 26.2. The van der Waals surface area contributed by atoms with Gasteiger partial charge in [0, 0.05) is 63.6 Å². The van der Waals surface area contributed by atoms with Gasteiger partial charge in [0.05, 0.1) is 16.7 Å². The highest BCUT2D eigenvalue weighted by molar-refractivity contribution is 5.83. The summed E-state index contributed by atoms with van der Waals surface area (Å²) in [6.45, 7) is 5.16. The summed E-state index contributed by atoms with van der Waals surface area (Å²) in [5, 5.41) is 6.73. The molecule has 1 saturated carbocycles. The van der Waals surface area contributed by atoms with Gasteiger partial charge in [-0.1, -0.05) is 6.07 Å². The van der Waals surface area contributed by atoms with Gasteiger partial charge in [0.1, 0.15) is 18.0 Å². The molecular weight excluding hydrogens is 426 g/mol.